The van der Waals surface area contributed by atoms with Gasteiger partial charge >= 0.3 is 0 Å². The van der Waals surface area contributed by atoms with Gasteiger partial charge in [-0.1, -0.05) is 36.4 Å². The number of hydrogen-bond acceptors (Lipinski definition) is 7. The van der Waals surface area contributed by atoms with Gasteiger partial charge in [-0.3, -0.25) is 14.2 Å². The second-order valence-corrected chi connectivity index (χ2v) is 11.6. The first kappa shape index (κ1) is 23.7. The van der Waals surface area contributed by atoms with Crippen LogP contribution in [-0.2, 0) is 31.4 Å². The molecule has 0 atom stereocenters. The van der Waals surface area contributed by atoms with Gasteiger partial charge in [0.15, 0.2) is 0 Å². The van der Waals surface area contributed by atoms with E-state index in [1.807, 2.05) is 46.5 Å². The third-order valence-electron chi connectivity index (χ3n) is 4.65. The highest BCUT2D eigenvalue weighted by molar-refractivity contribution is 7.93. The van der Waals surface area contributed by atoms with E-state index in [0.717, 1.165) is 12.5 Å². The number of rotatable bonds is 8. The summed E-state index contributed by atoms with van der Waals surface area (Å²) in [5.74, 6) is -0.724. The smallest absolute Gasteiger partial charge is 0.265 e. The minimum absolute atomic E-state index is 0.000764. The molecule has 12 heteroatoms. The monoisotopic (exact) mass is 516 g/mol. The Morgan fingerprint density at radius 1 is 0.941 bits per heavy atom. The number of aromatic nitrogens is 2. The first-order valence-electron chi connectivity index (χ1n) is 9.95. The second kappa shape index (κ2) is 9.41. The van der Waals surface area contributed by atoms with Gasteiger partial charge in [-0.15, -0.1) is 11.3 Å². The largest absolute Gasteiger partial charge is 0.280 e. The van der Waals surface area contributed by atoms with Gasteiger partial charge in [0.1, 0.15) is 10.6 Å². The highest BCUT2D eigenvalue weighted by Gasteiger charge is 2.25. The molecule has 0 aliphatic carbocycles. The van der Waals surface area contributed by atoms with Crippen LogP contribution in [0.5, 0.6) is 0 Å². The summed E-state index contributed by atoms with van der Waals surface area (Å²) in [6.07, 6.45) is 1.47. The van der Waals surface area contributed by atoms with Crippen molar-refractivity contribution >= 4 is 43.0 Å². The van der Waals surface area contributed by atoms with Gasteiger partial charge in [-0.2, -0.15) is 5.10 Å². The number of nitrogens with one attached hydrogen (secondary N) is 2. The van der Waals surface area contributed by atoms with Gasteiger partial charge in [0.25, 0.3) is 20.0 Å². The highest BCUT2D eigenvalue weighted by atomic mass is 32.2. The van der Waals surface area contributed by atoms with Crippen LogP contribution >= 0.6 is 11.3 Å². The van der Waals surface area contributed by atoms with E-state index < -0.39 is 26.0 Å². The minimum Gasteiger partial charge on any atom is -0.280 e. The number of hydrogen-bond donors (Lipinski definition) is 2. The van der Waals surface area contributed by atoms with Crippen LogP contribution in [0.2, 0.25) is 0 Å². The lowest BCUT2D eigenvalue weighted by molar-refractivity contribution is -0.117. The number of thiophene rings is 1. The van der Waals surface area contributed by atoms with Crippen LogP contribution in [0.25, 0.3) is 10.6 Å². The lowest BCUT2D eigenvalue weighted by Gasteiger charge is -2.09. The molecule has 4 aromatic rings. The van der Waals surface area contributed by atoms with Crippen molar-refractivity contribution in [3.63, 3.8) is 0 Å². The molecule has 9 nitrogen and oxygen atoms in total. The molecule has 0 radical (unpaired) electrons. The normalized spacial score (nSPS) is 11.8. The molecule has 0 saturated heterocycles. The molecular formula is C22H20N4O5S3. The Morgan fingerprint density at radius 2 is 1.65 bits per heavy atom. The van der Waals surface area contributed by atoms with Gasteiger partial charge in [0, 0.05) is 18.8 Å². The van der Waals surface area contributed by atoms with Crippen LogP contribution in [-0.4, -0.2) is 32.5 Å². The molecule has 0 fully saturated rings. The minimum atomic E-state index is -4.05. The number of sulfonamides is 2. The number of benzene rings is 2. The molecule has 0 saturated carbocycles. The van der Waals surface area contributed by atoms with E-state index in [1.165, 1.54) is 41.8 Å². The lowest BCUT2D eigenvalue weighted by atomic mass is 10.2. The van der Waals surface area contributed by atoms with Gasteiger partial charge in [-0.05, 0) is 41.3 Å². The van der Waals surface area contributed by atoms with Crippen LogP contribution in [0.3, 0.4) is 0 Å². The first-order chi connectivity index (χ1) is 16.1. The van der Waals surface area contributed by atoms with Crippen molar-refractivity contribution in [3.05, 3.63) is 83.9 Å². The van der Waals surface area contributed by atoms with E-state index in [4.69, 9.17) is 0 Å². The van der Waals surface area contributed by atoms with Crippen molar-refractivity contribution in [3.8, 4) is 10.6 Å². The fourth-order valence-corrected chi connectivity index (χ4v) is 6.20. The Bertz CT molecular complexity index is 1510. The van der Waals surface area contributed by atoms with Gasteiger partial charge in [-0.25, -0.2) is 21.6 Å². The van der Waals surface area contributed by atoms with Crippen LogP contribution in [0.4, 0.5) is 5.69 Å². The maximum atomic E-state index is 13.3. The van der Waals surface area contributed by atoms with Crippen molar-refractivity contribution in [2.24, 2.45) is 0 Å². The topological polar surface area (TPSA) is 127 Å². The molecule has 4 rings (SSSR count). The zero-order chi connectivity index (χ0) is 24.3. The maximum Gasteiger partial charge on any atom is 0.265 e. The Balaban J connectivity index is 1.64. The summed E-state index contributed by atoms with van der Waals surface area (Å²) >= 11 is 1.37. The molecular weight excluding hydrogens is 496 g/mol. The molecule has 34 heavy (non-hydrogen) atoms. The Morgan fingerprint density at radius 3 is 2.26 bits per heavy atom. The SMILES string of the molecule is CC(=O)NS(=O)(=O)c1ccc(NS(=O)(=O)c2cn(Cc3ccccc3)nc2-c2cccs2)cc1. The molecule has 0 unspecified atom stereocenters. The van der Waals surface area contributed by atoms with Crippen molar-refractivity contribution in [2.45, 2.75) is 23.3 Å². The van der Waals surface area contributed by atoms with Gasteiger partial charge in [0.05, 0.1) is 16.3 Å². The molecule has 2 aromatic carbocycles. The van der Waals surface area contributed by atoms with E-state index in [9.17, 15) is 21.6 Å². The molecule has 0 aliphatic heterocycles. The zero-order valence-corrected chi connectivity index (χ0v) is 20.3. The van der Waals surface area contributed by atoms with Gasteiger partial charge < -0.3 is 0 Å². The van der Waals surface area contributed by atoms with Crippen LogP contribution < -0.4 is 9.44 Å². The molecule has 0 spiro atoms. The van der Waals surface area contributed by atoms with Gasteiger partial charge in [0.2, 0.25) is 5.91 Å². The number of carbonyl (C=O) groups is 1. The highest BCUT2D eigenvalue weighted by Crippen LogP contribution is 2.31. The van der Waals surface area contributed by atoms with Crippen LogP contribution in [0.15, 0.2) is 88.1 Å². The molecule has 0 aliphatic rings. The quantitative estimate of drug-likeness (QED) is 0.370. The fraction of sp³-hybridized carbons (Fsp3) is 0.0909. The third kappa shape index (κ3) is 5.35. The predicted molar refractivity (Wildman–Crippen MR) is 129 cm³/mol. The van der Waals surface area contributed by atoms with E-state index in [-0.39, 0.29) is 15.5 Å². The summed E-state index contributed by atoms with van der Waals surface area (Å²) in [4.78, 5) is 11.6. The summed E-state index contributed by atoms with van der Waals surface area (Å²) in [5.41, 5.74) is 1.45. The second-order valence-electron chi connectivity index (χ2n) is 7.29. The number of carbonyl (C=O) groups excluding carboxylic acids is 1. The first-order valence-corrected chi connectivity index (χ1v) is 13.8. The predicted octanol–water partition coefficient (Wildman–Crippen LogP) is 3.29. The summed E-state index contributed by atoms with van der Waals surface area (Å²) in [5, 5.41) is 6.36. The van der Waals surface area contributed by atoms with Crippen molar-refractivity contribution < 1.29 is 21.6 Å². The average Bonchev–Trinajstić information content (AvgIpc) is 3.44. The molecule has 0 bridgehead atoms. The van der Waals surface area contributed by atoms with Crippen molar-refractivity contribution in [1.82, 2.24) is 14.5 Å². The number of amides is 1. The van der Waals surface area contributed by atoms with Crippen LogP contribution in [0.1, 0.15) is 12.5 Å². The molecule has 2 N–H and O–H groups in total. The molecule has 2 aromatic heterocycles. The summed E-state index contributed by atoms with van der Waals surface area (Å²) in [6, 6.07) is 18.2. The maximum absolute atomic E-state index is 13.3. The van der Waals surface area contributed by atoms with E-state index in [1.54, 1.807) is 10.7 Å². The van der Waals surface area contributed by atoms with Crippen molar-refractivity contribution in [1.29, 1.82) is 0 Å². The van der Waals surface area contributed by atoms with Crippen molar-refractivity contribution in [2.75, 3.05) is 4.72 Å². The van der Waals surface area contributed by atoms with Crippen LogP contribution in [0, 0.1) is 0 Å². The Labute approximate surface area is 201 Å². The third-order valence-corrected chi connectivity index (χ3v) is 8.36. The fourth-order valence-electron chi connectivity index (χ4n) is 3.20. The Kier molecular flexibility index (Phi) is 6.55. The molecule has 2 heterocycles. The lowest BCUT2D eigenvalue weighted by Crippen LogP contribution is -2.28. The number of anilines is 1. The summed E-state index contributed by atoms with van der Waals surface area (Å²) < 4.78 is 56.7. The standard InChI is InChI=1S/C22H20N4O5S3/c1-16(27)24-33(28,29)19-11-9-18(10-12-19)25-34(30,31)21-15-26(14-17-6-3-2-4-7-17)23-22(21)20-8-5-13-32-20/h2-13,15,25H,14H2,1H3,(H,24,27). The molecule has 176 valence electrons. The molecule has 1 amide bonds. The van der Waals surface area contributed by atoms with E-state index in [0.29, 0.717) is 17.1 Å². The zero-order valence-electron chi connectivity index (χ0n) is 17.9. The van der Waals surface area contributed by atoms with E-state index >= 15 is 0 Å². The number of nitrogens with zero attached hydrogens (tertiary/aromatic N) is 2. The Hall–Kier alpha value is -3.48. The summed E-state index contributed by atoms with van der Waals surface area (Å²) in [7, 11) is -8.08. The summed E-state index contributed by atoms with van der Waals surface area (Å²) in [6.45, 7) is 1.48. The average molecular weight is 517 g/mol. The van der Waals surface area contributed by atoms with E-state index in [2.05, 4.69) is 9.82 Å².